The minimum absolute atomic E-state index is 0.0471. The Hall–Kier alpha value is -4.38. The smallest absolute Gasteiger partial charge is 0.273 e. The van der Waals surface area contributed by atoms with Crippen molar-refractivity contribution in [2.24, 2.45) is 11.1 Å². The normalized spacial score (nSPS) is 16.2. The zero-order valence-corrected chi connectivity index (χ0v) is 28.1. The third-order valence-electron chi connectivity index (χ3n) is 6.65. The van der Waals surface area contributed by atoms with E-state index in [1.165, 1.54) is 11.6 Å². The zero-order chi connectivity index (χ0) is 34.4. The maximum Gasteiger partial charge on any atom is 0.273 e. The number of amides is 3. The topological polar surface area (TPSA) is 151 Å². The molecular weight excluding hydrogens is 586 g/mol. The molecule has 46 heavy (non-hydrogen) atoms. The van der Waals surface area contributed by atoms with E-state index in [1.54, 1.807) is 20.0 Å². The van der Waals surface area contributed by atoms with Crippen molar-refractivity contribution in [2.75, 3.05) is 19.8 Å². The third-order valence-corrected chi connectivity index (χ3v) is 6.65. The van der Waals surface area contributed by atoms with Crippen LogP contribution in [0.4, 0.5) is 0 Å². The average molecular weight is 638 g/mol. The number of aryl methyl sites for hydroxylation is 1. The summed E-state index contributed by atoms with van der Waals surface area (Å²) in [5.74, 6) is -0.178. The SMILES string of the molecule is C=C/C(=N\OCC)C(=O)N[C@H](C)Cc1ccccn1.CC(C)CCC[C@H](NC(=O)CNC=O)C(=O)[C@@]1(C)CO1.Cc1ccccc1. The Kier molecular flexibility index (Phi) is 19.1. The van der Waals surface area contributed by atoms with E-state index in [2.05, 4.69) is 65.6 Å². The third kappa shape index (κ3) is 17.2. The first kappa shape index (κ1) is 39.6. The van der Waals surface area contributed by atoms with Gasteiger partial charge in [-0.15, -0.1) is 0 Å². The fourth-order valence-corrected chi connectivity index (χ4v) is 4.02. The average Bonchev–Trinajstić information content (AvgIpc) is 3.79. The molecule has 11 nitrogen and oxygen atoms in total. The van der Waals surface area contributed by atoms with Gasteiger partial charge in [0.25, 0.3) is 5.91 Å². The highest BCUT2D eigenvalue weighted by molar-refractivity contribution is 6.43. The highest BCUT2D eigenvalue weighted by Crippen LogP contribution is 2.29. The molecule has 2 aromatic rings. The van der Waals surface area contributed by atoms with E-state index in [9.17, 15) is 19.2 Å². The van der Waals surface area contributed by atoms with E-state index < -0.39 is 11.6 Å². The molecule has 0 aliphatic carbocycles. The number of aromatic nitrogens is 1. The molecule has 0 bridgehead atoms. The quantitative estimate of drug-likeness (QED) is 0.102. The second-order valence-corrected chi connectivity index (χ2v) is 11.5. The minimum atomic E-state index is -0.742. The lowest BCUT2D eigenvalue weighted by Crippen LogP contribution is -2.48. The Morgan fingerprint density at radius 1 is 1.09 bits per heavy atom. The molecule has 1 aliphatic rings. The van der Waals surface area contributed by atoms with Crippen molar-refractivity contribution < 1.29 is 28.8 Å². The molecule has 0 saturated carbocycles. The first-order valence-corrected chi connectivity index (χ1v) is 15.6. The summed E-state index contributed by atoms with van der Waals surface area (Å²) in [6, 6.07) is 15.4. The van der Waals surface area contributed by atoms with Crippen molar-refractivity contribution in [3.8, 4) is 0 Å². The number of nitrogens with zero attached hydrogens (tertiary/aromatic N) is 2. The van der Waals surface area contributed by atoms with Crippen molar-refractivity contribution >= 4 is 29.7 Å². The van der Waals surface area contributed by atoms with Crippen molar-refractivity contribution in [1.82, 2.24) is 20.9 Å². The summed E-state index contributed by atoms with van der Waals surface area (Å²) in [6.45, 7) is 16.0. The number of ether oxygens (including phenoxy) is 1. The van der Waals surface area contributed by atoms with Gasteiger partial charge in [0.05, 0.1) is 19.2 Å². The van der Waals surface area contributed by atoms with Crippen LogP contribution in [-0.2, 0) is 35.2 Å². The van der Waals surface area contributed by atoms with Gasteiger partial charge in [-0.25, -0.2) is 0 Å². The van der Waals surface area contributed by atoms with Gasteiger partial charge in [0.2, 0.25) is 12.3 Å². The number of rotatable bonds is 17. The number of hydrogen-bond donors (Lipinski definition) is 3. The van der Waals surface area contributed by atoms with Gasteiger partial charge in [0.1, 0.15) is 12.2 Å². The van der Waals surface area contributed by atoms with Crippen LogP contribution < -0.4 is 16.0 Å². The van der Waals surface area contributed by atoms with Crippen molar-refractivity contribution in [3.05, 3.63) is 78.6 Å². The predicted octanol–water partition coefficient (Wildman–Crippen LogP) is 4.10. The van der Waals surface area contributed by atoms with E-state index in [4.69, 9.17) is 9.57 Å². The van der Waals surface area contributed by atoms with E-state index >= 15 is 0 Å². The van der Waals surface area contributed by atoms with Crippen LogP contribution in [0.2, 0.25) is 0 Å². The molecule has 3 atom stereocenters. The molecule has 1 aliphatic heterocycles. The first-order valence-electron chi connectivity index (χ1n) is 15.6. The molecule has 1 saturated heterocycles. The Labute approximate surface area is 273 Å². The number of oxime groups is 1. The first-order chi connectivity index (χ1) is 21.9. The summed E-state index contributed by atoms with van der Waals surface area (Å²) in [6.07, 6.45) is 6.69. The fraction of sp³-hybridized carbons (Fsp3) is 0.486. The molecule has 3 N–H and O–H groups in total. The van der Waals surface area contributed by atoms with Crippen LogP contribution in [-0.4, -0.2) is 72.1 Å². The summed E-state index contributed by atoms with van der Waals surface area (Å²) in [5.41, 5.74) is 1.68. The van der Waals surface area contributed by atoms with Gasteiger partial charge >= 0.3 is 0 Å². The van der Waals surface area contributed by atoms with E-state index in [1.807, 2.05) is 43.3 Å². The van der Waals surface area contributed by atoms with E-state index in [-0.39, 0.29) is 35.9 Å². The Balaban J connectivity index is 0.000000380. The molecule has 2 heterocycles. The van der Waals surface area contributed by atoms with Gasteiger partial charge in [-0.05, 0) is 58.2 Å². The number of Topliss-reactive ketones (excluding diaryl/α,β-unsaturated/α-hetero) is 1. The number of benzene rings is 1. The molecule has 1 fully saturated rings. The number of nitrogens with one attached hydrogen (secondary N) is 3. The van der Waals surface area contributed by atoms with Gasteiger partial charge in [0.15, 0.2) is 11.5 Å². The van der Waals surface area contributed by atoms with Crippen molar-refractivity contribution in [1.29, 1.82) is 0 Å². The lowest BCUT2D eigenvalue weighted by atomic mass is 9.94. The second-order valence-electron chi connectivity index (χ2n) is 11.5. The lowest BCUT2D eigenvalue weighted by Gasteiger charge is -2.20. The van der Waals surface area contributed by atoms with E-state index in [0.717, 1.165) is 18.5 Å². The van der Waals surface area contributed by atoms with Gasteiger partial charge in [-0.3, -0.25) is 24.2 Å². The van der Waals surface area contributed by atoms with Crippen LogP contribution in [0, 0.1) is 12.8 Å². The fourth-order valence-electron chi connectivity index (χ4n) is 4.02. The molecule has 1 aromatic carbocycles. The summed E-state index contributed by atoms with van der Waals surface area (Å²) in [4.78, 5) is 55.0. The maximum absolute atomic E-state index is 12.3. The summed E-state index contributed by atoms with van der Waals surface area (Å²) >= 11 is 0. The van der Waals surface area contributed by atoms with Crippen LogP contribution in [0.25, 0.3) is 0 Å². The van der Waals surface area contributed by atoms with Crippen molar-refractivity contribution in [2.45, 2.75) is 84.9 Å². The molecule has 0 radical (unpaired) electrons. The van der Waals surface area contributed by atoms with Crippen LogP contribution >= 0.6 is 0 Å². The minimum Gasteiger partial charge on any atom is -0.395 e. The highest BCUT2D eigenvalue weighted by Gasteiger charge is 2.49. The molecule has 1 aromatic heterocycles. The number of ketones is 1. The standard InChI is InChI=1S/C14H19N3O2.C14H24N2O4.C7H8/c1-4-13(17-19-5-2)14(18)16-11(3)10-12-8-6-7-9-15-12;1-10(2)5-4-6-11(13(19)14(3)8-20-14)16-12(18)7-15-9-17;1-7-5-3-2-4-6-7/h4,6-9,11H,1,5,10H2,2-3H3,(H,16,18);9-11H,4-8H2,1-3H3,(H,15,17)(H,16,18);2-6H,1H3/b17-13+;;/t11-;11-,14+;/m10./s1. The Morgan fingerprint density at radius 3 is 2.26 bits per heavy atom. The molecule has 0 spiro atoms. The van der Waals surface area contributed by atoms with Crippen LogP contribution in [0.3, 0.4) is 0 Å². The van der Waals surface area contributed by atoms with Crippen LogP contribution in [0.15, 0.2) is 72.5 Å². The van der Waals surface area contributed by atoms with Crippen LogP contribution in [0.5, 0.6) is 0 Å². The summed E-state index contributed by atoms with van der Waals surface area (Å²) in [5, 5.41) is 11.5. The van der Waals surface area contributed by atoms with Gasteiger partial charge in [-0.2, -0.15) is 0 Å². The molecular formula is C35H51N5O6. The number of carbonyl (C=O) groups excluding carboxylic acids is 4. The second kappa shape index (κ2) is 22.2. The molecule has 0 unspecified atom stereocenters. The Morgan fingerprint density at radius 2 is 1.76 bits per heavy atom. The van der Waals surface area contributed by atoms with Gasteiger partial charge in [-0.1, -0.05) is 80.4 Å². The maximum atomic E-state index is 12.3. The monoisotopic (exact) mass is 637 g/mol. The van der Waals surface area contributed by atoms with Gasteiger partial charge < -0.3 is 25.5 Å². The number of hydrogen-bond acceptors (Lipinski definition) is 8. The lowest BCUT2D eigenvalue weighted by molar-refractivity contribution is -0.130. The summed E-state index contributed by atoms with van der Waals surface area (Å²) in [7, 11) is 0. The molecule has 3 rings (SSSR count). The van der Waals surface area contributed by atoms with Crippen LogP contribution in [0.1, 0.15) is 65.1 Å². The number of pyridine rings is 1. The number of epoxide rings is 1. The number of carbonyl (C=O) groups is 4. The molecule has 252 valence electrons. The largest absolute Gasteiger partial charge is 0.395 e. The zero-order valence-electron chi connectivity index (χ0n) is 28.1. The predicted molar refractivity (Wildman–Crippen MR) is 180 cm³/mol. The van der Waals surface area contributed by atoms with Crippen molar-refractivity contribution in [3.63, 3.8) is 0 Å². The Bertz CT molecular complexity index is 1230. The molecule has 3 amide bonds. The van der Waals surface area contributed by atoms with Gasteiger partial charge in [0, 0.05) is 24.4 Å². The molecule has 11 heteroatoms. The summed E-state index contributed by atoms with van der Waals surface area (Å²) < 4.78 is 5.16. The highest BCUT2D eigenvalue weighted by atomic mass is 16.6. The van der Waals surface area contributed by atoms with E-state index in [0.29, 0.717) is 38.4 Å².